The van der Waals surface area contributed by atoms with Gasteiger partial charge >= 0.3 is 0 Å². The molecule has 4 aliphatic rings. The molecule has 2 heterocycles. The van der Waals surface area contributed by atoms with E-state index in [0.717, 1.165) is 75.2 Å². The highest BCUT2D eigenvalue weighted by molar-refractivity contribution is 7.90. The number of hydrogen-bond donors (Lipinski definition) is 2. The van der Waals surface area contributed by atoms with Crippen molar-refractivity contribution in [1.82, 2.24) is 4.72 Å². The Bertz CT molecular complexity index is 1540. The molecule has 2 aliphatic carbocycles. The molecule has 2 aromatic carbocycles. The van der Waals surface area contributed by atoms with Crippen molar-refractivity contribution in [2.24, 2.45) is 17.8 Å². The number of aryl methyl sites for hydroxylation is 1. The maximum Gasteiger partial charge on any atom is 0.264 e. The van der Waals surface area contributed by atoms with Crippen LogP contribution in [0.5, 0.6) is 5.75 Å². The Morgan fingerprint density at radius 3 is 2.69 bits per heavy atom. The molecular formula is C36H47ClN2O5S. The summed E-state index contributed by atoms with van der Waals surface area (Å²) in [6.07, 6.45) is 12.0. The first kappa shape index (κ1) is 32.4. The molecule has 5 atom stereocenters. The van der Waals surface area contributed by atoms with Crippen LogP contribution in [-0.4, -0.2) is 50.5 Å². The van der Waals surface area contributed by atoms with Gasteiger partial charge in [-0.3, -0.25) is 4.79 Å². The number of aliphatic hydroxyl groups excluding tert-OH is 1. The molecule has 1 amide bonds. The van der Waals surface area contributed by atoms with Gasteiger partial charge in [-0.2, -0.15) is 0 Å². The van der Waals surface area contributed by atoms with E-state index in [1.165, 1.54) is 11.1 Å². The number of hydrogen-bond acceptors (Lipinski definition) is 6. The Labute approximate surface area is 273 Å². The van der Waals surface area contributed by atoms with Crippen LogP contribution in [0.1, 0.15) is 93.1 Å². The second-order valence-corrected chi connectivity index (χ2v) is 16.5. The summed E-state index contributed by atoms with van der Waals surface area (Å²) in [5.74, 6) is 0.365. The van der Waals surface area contributed by atoms with Gasteiger partial charge in [0.2, 0.25) is 10.0 Å². The number of amides is 1. The molecule has 2 bridgehead atoms. The molecule has 2 aromatic rings. The fourth-order valence-electron chi connectivity index (χ4n) is 7.62. The van der Waals surface area contributed by atoms with Gasteiger partial charge in [0.05, 0.1) is 23.6 Å². The van der Waals surface area contributed by atoms with Gasteiger partial charge in [-0.25, -0.2) is 13.1 Å². The molecule has 45 heavy (non-hydrogen) atoms. The van der Waals surface area contributed by atoms with E-state index in [1.807, 2.05) is 37.3 Å². The van der Waals surface area contributed by atoms with Crippen molar-refractivity contribution < 1.29 is 23.1 Å². The van der Waals surface area contributed by atoms with Crippen LogP contribution in [0.4, 0.5) is 5.69 Å². The molecule has 244 valence electrons. The number of anilines is 1. The predicted octanol–water partition coefficient (Wildman–Crippen LogP) is 6.80. The number of ether oxygens (including phenoxy) is 1. The van der Waals surface area contributed by atoms with E-state index < -0.39 is 27.3 Å². The number of nitrogens with one attached hydrogen (secondary N) is 1. The molecule has 1 saturated carbocycles. The standard InChI is InChI=1S/C36H47ClN2O5S/c1-24-7-3-4-18-39-22-36(17-6-9-27-20-29(37)14-15-30(27)36)23-44-33-16-13-28(21-31(33)39)35(41)38-45(42,43)34(19-26-11-12-26)25(2)8-5-10-32(24)40/h5,10,13-16,20-21,24-26,32,34,40H,3-4,6-9,11-12,17-19,22-23H2,1-2H3,(H,38,41)/b10-5+/t24?,25?,32?,34?,36-/m0/s1. The molecule has 2 aliphatic heterocycles. The van der Waals surface area contributed by atoms with E-state index in [0.29, 0.717) is 36.7 Å². The molecule has 1 spiro atoms. The van der Waals surface area contributed by atoms with Crippen molar-refractivity contribution in [2.45, 2.75) is 94.8 Å². The highest BCUT2D eigenvalue weighted by Crippen LogP contribution is 2.45. The Balaban J connectivity index is 1.35. The highest BCUT2D eigenvalue weighted by atomic mass is 35.5. The van der Waals surface area contributed by atoms with Crippen LogP contribution in [-0.2, 0) is 21.9 Å². The molecule has 4 unspecified atom stereocenters. The number of aliphatic hydroxyl groups is 1. The average molecular weight is 655 g/mol. The van der Waals surface area contributed by atoms with Crippen LogP contribution in [0.25, 0.3) is 0 Å². The molecule has 1 fully saturated rings. The van der Waals surface area contributed by atoms with Crippen LogP contribution in [0.15, 0.2) is 48.6 Å². The summed E-state index contributed by atoms with van der Waals surface area (Å²) in [5, 5.41) is 10.9. The number of halogens is 1. The Kier molecular flexibility index (Phi) is 9.56. The summed E-state index contributed by atoms with van der Waals surface area (Å²) in [5.41, 5.74) is 3.43. The van der Waals surface area contributed by atoms with Crippen molar-refractivity contribution in [3.63, 3.8) is 0 Å². The molecule has 0 radical (unpaired) electrons. The lowest BCUT2D eigenvalue weighted by atomic mass is 9.70. The van der Waals surface area contributed by atoms with Gasteiger partial charge in [0.1, 0.15) is 5.75 Å². The number of carbonyl (C=O) groups is 1. The average Bonchev–Trinajstić information content (AvgIpc) is 3.84. The first-order valence-electron chi connectivity index (χ1n) is 16.8. The van der Waals surface area contributed by atoms with E-state index >= 15 is 0 Å². The first-order chi connectivity index (χ1) is 21.5. The van der Waals surface area contributed by atoms with Gasteiger partial charge in [-0.15, -0.1) is 0 Å². The number of rotatable bonds is 2. The zero-order valence-electron chi connectivity index (χ0n) is 26.5. The first-order valence-corrected chi connectivity index (χ1v) is 18.7. The monoisotopic (exact) mass is 654 g/mol. The maximum absolute atomic E-state index is 13.7. The minimum Gasteiger partial charge on any atom is -0.490 e. The van der Waals surface area contributed by atoms with Crippen LogP contribution in [0.2, 0.25) is 5.02 Å². The molecule has 9 heteroatoms. The normalized spacial score (nSPS) is 31.5. The molecule has 0 saturated heterocycles. The van der Waals surface area contributed by atoms with Crippen LogP contribution >= 0.6 is 11.6 Å². The molecule has 0 aromatic heterocycles. The summed E-state index contributed by atoms with van der Waals surface area (Å²) in [6.45, 7) is 6.00. The Morgan fingerprint density at radius 1 is 1.07 bits per heavy atom. The highest BCUT2D eigenvalue weighted by Gasteiger charge is 2.42. The lowest BCUT2D eigenvalue weighted by Gasteiger charge is -2.41. The fourth-order valence-corrected chi connectivity index (χ4v) is 9.59. The van der Waals surface area contributed by atoms with Crippen LogP contribution < -0.4 is 14.4 Å². The van der Waals surface area contributed by atoms with Crippen LogP contribution in [0.3, 0.4) is 0 Å². The van der Waals surface area contributed by atoms with Gasteiger partial charge < -0.3 is 14.7 Å². The molecule has 2 N–H and O–H groups in total. The summed E-state index contributed by atoms with van der Waals surface area (Å²) >= 11 is 6.40. The number of benzene rings is 2. The quantitative estimate of drug-likeness (QED) is 0.346. The fraction of sp³-hybridized carbons (Fsp3) is 0.583. The maximum atomic E-state index is 13.7. The third-order valence-corrected chi connectivity index (χ3v) is 12.8. The van der Waals surface area contributed by atoms with E-state index in [9.17, 15) is 18.3 Å². The van der Waals surface area contributed by atoms with Gasteiger partial charge in [-0.1, -0.05) is 62.9 Å². The molecule has 6 rings (SSSR count). The van der Waals surface area contributed by atoms with Gasteiger partial charge in [-0.05, 0) is 104 Å². The van der Waals surface area contributed by atoms with E-state index in [1.54, 1.807) is 6.07 Å². The zero-order chi connectivity index (χ0) is 31.8. The van der Waals surface area contributed by atoms with Gasteiger partial charge in [0, 0.05) is 29.1 Å². The number of nitrogens with zero attached hydrogens (tertiary/aromatic N) is 1. The predicted molar refractivity (Wildman–Crippen MR) is 180 cm³/mol. The largest absolute Gasteiger partial charge is 0.490 e. The zero-order valence-corrected chi connectivity index (χ0v) is 28.1. The van der Waals surface area contributed by atoms with Crippen LogP contribution in [0, 0.1) is 17.8 Å². The third kappa shape index (κ3) is 7.23. The lowest BCUT2D eigenvalue weighted by Crippen LogP contribution is -2.46. The number of fused-ring (bicyclic) bond motifs is 3. The summed E-state index contributed by atoms with van der Waals surface area (Å²) in [7, 11) is -3.94. The Hall–Kier alpha value is -2.55. The number of allylic oxidation sites excluding steroid dienone is 1. The number of sulfonamides is 1. The van der Waals surface area contributed by atoms with Crippen molar-refractivity contribution in [3.8, 4) is 5.75 Å². The van der Waals surface area contributed by atoms with E-state index in [4.69, 9.17) is 16.3 Å². The van der Waals surface area contributed by atoms with E-state index in [-0.39, 0.29) is 17.3 Å². The second kappa shape index (κ2) is 13.3. The SMILES string of the molecule is CC1CCCCN2C[C@@]3(CCCc4cc(Cl)ccc43)COc3ccc(cc32)C(=O)NS(=O)(=O)C(CC2CC2)C(C)C/C=C/C1O. The molecular weight excluding hydrogens is 608 g/mol. The topological polar surface area (TPSA) is 95.9 Å². The summed E-state index contributed by atoms with van der Waals surface area (Å²) in [4.78, 5) is 15.9. The van der Waals surface area contributed by atoms with Gasteiger partial charge in [0.25, 0.3) is 5.91 Å². The minimum atomic E-state index is -3.94. The minimum absolute atomic E-state index is 0.0911. The van der Waals surface area contributed by atoms with Crippen molar-refractivity contribution in [1.29, 1.82) is 0 Å². The summed E-state index contributed by atoms with van der Waals surface area (Å²) in [6, 6.07) is 11.5. The van der Waals surface area contributed by atoms with Crippen molar-refractivity contribution in [3.05, 3.63) is 70.3 Å². The van der Waals surface area contributed by atoms with E-state index in [2.05, 4.69) is 28.7 Å². The molecule has 7 nitrogen and oxygen atoms in total. The lowest BCUT2D eigenvalue weighted by molar-refractivity contribution is 0.0980. The summed E-state index contributed by atoms with van der Waals surface area (Å²) < 4.78 is 36.5. The third-order valence-electron chi connectivity index (χ3n) is 10.6. The van der Waals surface area contributed by atoms with Crippen molar-refractivity contribution in [2.75, 3.05) is 24.6 Å². The van der Waals surface area contributed by atoms with Crippen molar-refractivity contribution >= 4 is 33.2 Å². The van der Waals surface area contributed by atoms with Gasteiger partial charge in [0.15, 0.2) is 0 Å². The number of carbonyl (C=O) groups excluding carboxylic acids is 1. The second-order valence-electron chi connectivity index (χ2n) is 14.1. The Morgan fingerprint density at radius 2 is 1.89 bits per heavy atom. The smallest absolute Gasteiger partial charge is 0.264 e.